The fraction of sp³-hybridized carbons (Fsp3) is 0.353. The number of benzene rings is 1. The summed E-state index contributed by atoms with van der Waals surface area (Å²) in [6, 6.07) is 13.1. The summed E-state index contributed by atoms with van der Waals surface area (Å²) in [4.78, 5) is 4.43. The Balaban J connectivity index is 2.21. The fourth-order valence-corrected chi connectivity index (χ4v) is 2.26. The molecule has 0 saturated carbocycles. The zero-order valence-corrected chi connectivity index (χ0v) is 12.0. The van der Waals surface area contributed by atoms with Crippen molar-refractivity contribution in [3.05, 3.63) is 65.0 Å². The van der Waals surface area contributed by atoms with Gasteiger partial charge in [-0.05, 0) is 49.2 Å². The van der Waals surface area contributed by atoms with Gasteiger partial charge in [-0.1, -0.05) is 31.2 Å². The van der Waals surface area contributed by atoms with E-state index in [1.807, 2.05) is 18.3 Å². The maximum Gasteiger partial charge on any atom is 0.0422 e. The first-order valence-electron chi connectivity index (χ1n) is 6.91. The first-order valence-corrected chi connectivity index (χ1v) is 6.91. The highest BCUT2D eigenvalue weighted by Gasteiger charge is 2.12. The van der Waals surface area contributed by atoms with Gasteiger partial charge in [0.05, 0.1) is 0 Å². The van der Waals surface area contributed by atoms with E-state index in [2.05, 4.69) is 55.3 Å². The van der Waals surface area contributed by atoms with Gasteiger partial charge in [-0.2, -0.15) is 0 Å². The summed E-state index contributed by atoms with van der Waals surface area (Å²) >= 11 is 0. The fourth-order valence-electron chi connectivity index (χ4n) is 2.26. The second-order valence-electron chi connectivity index (χ2n) is 4.98. The van der Waals surface area contributed by atoms with Crippen LogP contribution in [0.3, 0.4) is 0 Å². The van der Waals surface area contributed by atoms with Crippen LogP contribution in [-0.2, 0) is 6.42 Å². The Kier molecular flexibility index (Phi) is 4.69. The van der Waals surface area contributed by atoms with Crippen LogP contribution in [0.15, 0.2) is 42.6 Å². The van der Waals surface area contributed by atoms with Crippen molar-refractivity contribution in [2.24, 2.45) is 0 Å². The minimum Gasteiger partial charge on any atom is -0.310 e. The molecule has 0 aliphatic carbocycles. The zero-order chi connectivity index (χ0) is 13.7. The van der Waals surface area contributed by atoms with Gasteiger partial charge in [-0.25, -0.2) is 0 Å². The molecule has 0 radical (unpaired) electrons. The van der Waals surface area contributed by atoms with Gasteiger partial charge in [0.2, 0.25) is 0 Å². The Labute approximate surface area is 115 Å². The molecule has 0 aliphatic rings. The maximum atomic E-state index is 4.43. The van der Waals surface area contributed by atoms with Crippen molar-refractivity contribution in [2.45, 2.75) is 33.2 Å². The highest BCUT2D eigenvalue weighted by atomic mass is 14.9. The number of pyridine rings is 1. The molecular formula is C17H22N2. The molecule has 1 N–H and O–H groups in total. The lowest BCUT2D eigenvalue weighted by Crippen LogP contribution is -2.23. The van der Waals surface area contributed by atoms with Crippen LogP contribution in [0.5, 0.6) is 0 Å². The van der Waals surface area contributed by atoms with Gasteiger partial charge >= 0.3 is 0 Å². The van der Waals surface area contributed by atoms with E-state index in [4.69, 9.17) is 0 Å². The molecule has 2 heteroatoms. The highest BCUT2D eigenvalue weighted by molar-refractivity contribution is 5.32. The van der Waals surface area contributed by atoms with Gasteiger partial charge in [0.15, 0.2) is 0 Å². The van der Waals surface area contributed by atoms with Crippen LogP contribution in [0.2, 0.25) is 0 Å². The van der Waals surface area contributed by atoms with Gasteiger partial charge in [-0.15, -0.1) is 0 Å². The zero-order valence-electron chi connectivity index (χ0n) is 12.0. The lowest BCUT2D eigenvalue weighted by atomic mass is 9.97. The summed E-state index contributed by atoms with van der Waals surface area (Å²) in [7, 11) is 0. The molecule has 2 nitrogen and oxygen atoms in total. The summed E-state index contributed by atoms with van der Waals surface area (Å²) < 4.78 is 0. The van der Waals surface area contributed by atoms with Crippen molar-refractivity contribution in [2.75, 3.05) is 6.54 Å². The van der Waals surface area contributed by atoms with Gasteiger partial charge in [-0.3, -0.25) is 4.98 Å². The van der Waals surface area contributed by atoms with E-state index in [0.29, 0.717) is 6.04 Å². The lowest BCUT2D eigenvalue weighted by Gasteiger charge is -2.19. The molecule has 1 atom stereocenters. The third kappa shape index (κ3) is 3.65. The van der Waals surface area contributed by atoms with Crippen molar-refractivity contribution < 1.29 is 0 Å². The molecule has 100 valence electrons. The molecule has 0 bridgehead atoms. The Hall–Kier alpha value is -1.67. The number of aryl methyl sites for hydroxylation is 2. The summed E-state index contributed by atoms with van der Waals surface area (Å²) in [5.41, 5.74) is 5.17. The largest absolute Gasteiger partial charge is 0.310 e. The number of aromatic nitrogens is 1. The standard InChI is InChI=1S/C17H22N2/c1-4-18-17(12-16-7-5-6-10-19-16)15-9-8-13(2)14(3)11-15/h5-11,17-18H,4,12H2,1-3H3. The molecule has 19 heavy (non-hydrogen) atoms. The summed E-state index contributed by atoms with van der Waals surface area (Å²) in [6.07, 6.45) is 2.79. The van der Waals surface area contributed by atoms with E-state index in [-0.39, 0.29) is 0 Å². The second-order valence-corrected chi connectivity index (χ2v) is 4.98. The van der Waals surface area contributed by atoms with Crippen molar-refractivity contribution in [1.29, 1.82) is 0 Å². The Bertz CT molecular complexity index is 520. The topological polar surface area (TPSA) is 24.9 Å². The minimum atomic E-state index is 0.333. The molecule has 0 amide bonds. The smallest absolute Gasteiger partial charge is 0.0422 e. The van der Waals surface area contributed by atoms with Crippen molar-refractivity contribution in [3.8, 4) is 0 Å². The van der Waals surface area contributed by atoms with E-state index in [1.54, 1.807) is 0 Å². The highest BCUT2D eigenvalue weighted by Crippen LogP contribution is 2.20. The van der Waals surface area contributed by atoms with E-state index < -0.39 is 0 Å². The van der Waals surface area contributed by atoms with Crippen molar-refractivity contribution in [3.63, 3.8) is 0 Å². The molecule has 0 spiro atoms. The van der Waals surface area contributed by atoms with Gasteiger partial charge in [0.1, 0.15) is 0 Å². The van der Waals surface area contributed by atoms with E-state index in [9.17, 15) is 0 Å². The third-order valence-electron chi connectivity index (χ3n) is 3.52. The van der Waals surface area contributed by atoms with Crippen molar-refractivity contribution in [1.82, 2.24) is 10.3 Å². The molecule has 0 saturated heterocycles. The van der Waals surface area contributed by atoms with Crippen LogP contribution in [0.25, 0.3) is 0 Å². The van der Waals surface area contributed by atoms with Gasteiger partial charge < -0.3 is 5.32 Å². The SMILES string of the molecule is CCNC(Cc1ccccn1)c1ccc(C)c(C)c1. The van der Waals surface area contributed by atoms with Crippen LogP contribution in [-0.4, -0.2) is 11.5 Å². The number of hydrogen-bond donors (Lipinski definition) is 1. The number of nitrogens with zero attached hydrogens (tertiary/aromatic N) is 1. The first kappa shape index (κ1) is 13.8. The molecule has 0 fully saturated rings. The predicted molar refractivity (Wildman–Crippen MR) is 80.3 cm³/mol. The molecule has 1 aromatic carbocycles. The number of rotatable bonds is 5. The van der Waals surface area contributed by atoms with Crippen LogP contribution >= 0.6 is 0 Å². The van der Waals surface area contributed by atoms with Crippen LogP contribution in [0.4, 0.5) is 0 Å². The normalized spacial score (nSPS) is 12.4. The van der Waals surface area contributed by atoms with Gasteiger partial charge in [0.25, 0.3) is 0 Å². The predicted octanol–water partition coefficient (Wildman–Crippen LogP) is 3.59. The number of hydrogen-bond acceptors (Lipinski definition) is 2. The summed E-state index contributed by atoms with van der Waals surface area (Å²) in [5, 5.41) is 3.55. The molecule has 1 aromatic heterocycles. The average Bonchev–Trinajstić information content (AvgIpc) is 2.43. The van der Waals surface area contributed by atoms with Crippen LogP contribution in [0, 0.1) is 13.8 Å². The quantitative estimate of drug-likeness (QED) is 0.882. The van der Waals surface area contributed by atoms with Crippen LogP contribution in [0.1, 0.15) is 35.3 Å². The second kappa shape index (κ2) is 6.48. The molecular weight excluding hydrogens is 232 g/mol. The maximum absolute atomic E-state index is 4.43. The van der Waals surface area contributed by atoms with Gasteiger partial charge in [0, 0.05) is 24.4 Å². The van der Waals surface area contributed by atoms with E-state index in [0.717, 1.165) is 18.7 Å². The minimum absolute atomic E-state index is 0.333. The monoisotopic (exact) mass is 254 g/mol. The third-order valence-corrected chi connectivity index (χ3v) is 3.52. The summed E-state index contributed by atoms with van der Waals surface area (Å²) in [5.74, 6) is 0. The Morgan fingerprint density at radius 2 is 1.95 bits per heavy atom. The lowest BCUT2D eigenvalue weighted by molar-refractivity contribution is 0.543. The first-order chi connectivity index (χ1) is 9.20. The number of likely N-dealkylation sites (N-methyl/N-ethyl adjacent to an activating group) is 1. The van der Waals surface area contributed by atoms with E-state index in [1.165, 1.54) is 16.7 Å². The van der Waals surface area contributed by atoms with E-state index >= 15 is 0 Å². The molecule has 1 heterocycles. The van der Waals surface area contributed by atoms with Crippen LogP contribution < -0.4 is 5.32 Å². The number of nitrogens with one attached hydrogen (secondary N) is 1. The molecule has 2 aromatic rings. The molecule has 2 rings (SSSR count). The Morgan fingerprint density at radius 1 is 1.11 bits per heavy atom. The van der Waals surface area contributed by atoms with Crippen molar-refractivity contribution >= 4 is 0 Å². The summed E-state index contributed by atoms with van der Waals surface area (Å²) in [6.45, 7) is 7.43. The molecule has 0 aliphatic heterocycles. The molecule has 1 unspecified atom stereocenters. The Morgan fingerprint density at radius 3 is 2.58 bits per heavy atom. The average molecular weight is 254 g/mol.